The molecule has 0 bridgehead atoms. The van der Waals surface area contributed by atoms with Crippen LogP contribution in [0, 0.1) is 0 Å². The molecule has 0 atom stereocenters. The van der Waals surface area contributed by atoms with Crippen molar-refractivity contribution in [3.8, 4) is 10.7 Å². The van der Waals surface area contributed by atoms with Crippen molar-refractivity contribution in [3.05, 3.63) is 65.6 Å². The summed E-state index contributed by atoms with van der Waals surface area (Å²) in [6.07, 6.45) is 4.48. The largest absolute Gasteiger partial charge is 0.350 e. The summed E-state index contributed by atoms with van der Waals surface area (Å²) in [4.78, 5) is 21.7. The summed E-state index contributed by atoms with van der Waals surface area (Å²) < 4.78 is 0. The van der Waals surface area contributed by atoms with Crippen molar-refractivity contribution in [2.75, 3.05) is 11.4 Å². The highest BCUT2D eigenvalue weighted by Crippen LogP contribution is 2.31. The molecule has 0 unspecified atom stereocenters. The molecule has 122 valence electrons. The topological polar surface area (TPSA) is 54.8 Å². The maximum Gasteiger partial charge on any atom is 0.172 e. The Morgan fingerprint density at radius 1 is 1.04 bits per heavy atom. The number of thiophene rings is 1. The van der Waals surface area contributed by atoms with Gasteiger partial charge in [-0.15, -0.1) is 11.3 Å². The van der Waals surface area contributed by atoms with Gasteiger partial charge in [0.25, 0.3) is 0 Å². The fraction of sp³-hybridized carbons (Fsp3) is 0.158. The molecule has 1 aromatic carbocycles. The monoisotopic (exact) mass is 345 g/mol. The summed E-state index contributed by atoms with van der Waals surface area (Å²) in [6.45, 7) is 1.66. The molecule has 0 N–H and O–H groups in total. The van der Waals surface area contributed by atoms with E-state index in [2.05, 4.69) is 38.4 Å². The highest BCUT2D eigenvalue weighted by molar-refractivity contribution is 7.13. The molecule has 0 saturated carbocycles. The van der Waals surface area contributed by atoms with Gasteiger partial charge in [-0.3, -0.25) is 0 Å². The molecule has 0 spiro atoms. The number of nitrogens with zero attached hydrogens (tertiary/aromatic N) is 5. The molecule has 5 rings (SSSR count). The van der Waals surface area contributed by atoms with E-state index in [9.17, 15) is 0 Å². The zero-order valence-corrected chi connectivity index (χ0v) is 14.3. The molecule has 0 fully saturated rings. The summed E-state index contributed by atoms with van der Waals surface area (Å²) in [5.41, 5.74) is 3.29. The van der Waals surface area contributed by atoms with Crippen LogP contribution in [0.25, 0.3) is 21.6 Å². The second-order valence-corrected chi connectivity index (χ2v) is 6.98. The number of para-hydroxylation sites is 1. The number of anilines is 1. The lowest BCUT2D eigenvalue weighted by Crippen LogP contribution is -2.32. The van der Waals surface area contributed by atoms with Gasteiger partial charge in [0.15, 0.2) is 5.82 Å². The van der Waals surface area contributed by atoms with E-state index in [-0.39, 0.29) is 0 Å². The Labute approximate surface area is 149 Å². The second-order valence-electron chi connectivity index (χ2n) is 6.03. The molecule has 1 aliphatic heterocycles. The van der Waals surface area contributed by atoms with Gasteiger partial charge in [-0.05, 0) is 35.6 Å². The van der Waals surface area contributed by atoms with Gasteiger partial charge in [0, 0.05) is 18.1 Å². The van der Waals surface area contributed by atoms with Crippen molar-refractivity contribution in [2.24, 2.45) is 0 Å². The van der Waals surface area contributed by atoms with Crippen LogP contribution in [0.1, 0.15) is 11.3 Å². The second kappa shape index (κ2) is 5.89. The molecule has 0 radical (unpaired) electrons. The van der Waals surface area contributed by atoms with Gasteiger partial charge in [0.05, 0.1) is 22.6 Å². The standard InChI is InChI=1S/C19H15N5S/c1-2-5-15-14(4-1)19(23-18(22-15)17-6-3-9-25-17)24-8-7-13-10-20-12-21-16(13)11-24/h1-6,9-10,12H,7-8,11H2. The molecule has 3 aromatic heterocycles. The van der Waals surface area contributed by atoms with E-state index in [0.29, 0.717) is 0 Å². The number of hydrogen-bond acceptors (Lipinski definition) is 6. The molecule has 1 aliphatic rings. The van der Waals surface area contributed by atoms with Crippen molar-refractivity contribution in [1.82, 2.24) is 19.9 Å². The number of rotatable bonds is 2. The zero-order chi connectivity index (χ0) is 16.6. The van der Waals surface area contributed by atoms with Gasteiger partial charge in [-0.1, -0.05) is 18.2 Å². The third kappa shape index (κ3) is 2.55. The summed E-state index contributed by atoms with van der Waals surface area (Å²) in [7, 11) is 0. The lowest BCUT2D eigenvalue weighted by atomic mass is 10.1. The Bertz CT molecular complexity index is 1040. The third-order valence-corrected chi connectivity index (χ3v) is 5.36. The van der Waals surface area contributed by atoms with Crippen LogP contribution in [-0.2, 0) is 13.0 Å². The fourth-order valence-electron chi connectivity index (χ4n) is 3.25. The van der Waals surface area contributed by atoms with E-state index in [0.717, 1.165) is 52.6 Å². The number of fused-ring (bicyclic) bond motifs is 2. The van der Waals surface area contributed by atoms with Gasteiger partial charge in [-0.25, -0.2) is 19.9 Å². The average molecular weight is 345 g/mol. The highest BCUT2D eigenvalue weighted by Gasteiger charge is 2.21. The van der Waals surface area contributed by atoms with Crippen LogP contribution >= 0.6 is 11.3 Å². The Morgan fingerprint density at radius 2 is 2.00 bits per heavy atom. The molecule has 0 amide bonds. The Kier molecular flexibility index (Phi) is 3.41. The molecule has 0 saturated heterocycles. The van der Waals surface area contributed by atoms with Gasteiger partial charge < -0.3 is 4.90 Å². The van der Waals surface area contributed by atoms with Gasteiger partial charge in [0.1, 0.15) is 12.1 Å². The average Bonchev–Trinajstić information content (AvgIpc) is 3.21. The summed E-state index contributed by atoms with van der Waals surface area (Å²) in [5, 5.41) is 3.14. The molecular formula is C19H15N5S. The predicted octanol–water partition coefficient (Wildman–Crippen LogP) is 3.71. The van der Waals surface area contributed by atoms with Crippen LogP contribution in [0.2, 0.25) is 0 Å². The Hall–Kier alpha value is -2.86. The number of benzene rings is 1. The molecule has 25 heavy (non-hydrogen) atoms. The zero-order valence-electron chi connectivity index (χ0n) is 13.5. The van der Waals surface area contributed by atoms with Crippen LogP contribution in [0.5, 0.6) is 0 Å². The molecule has 6 heteroatoms. The minimum absolute atomic E-state index is 0.753. The smallest absolute Gasteiger partial charge is 0.172 e. The van der Waals surface area contributed by atoms with E-state index in [1.165, 1.54) is 5.56 Å². The predicted molar refractivity (Wildman–Crippen MR) is 99.6 cm³/mol. The first kappa shape index (κ1) is 14.5. The van der Waals surface area contributed by atoms with Crippen molar-refractivity contribution in [1.29, 1.82) is 0 Å². The van der Waals surface area contributed by atoms with Crippen LogP contribution in [-0.4, -0.2) is 26.5 Å². The molecule has 0 aliphatic carbocycles. The number of hydrogen-bond donors (Lipinski definition) is 0. The maximum absolute atomic E-state index is 4.92. The lowest BCUT2D eigenvalue weighted by Gasteiger charge is -2.29. The SMILES string of the molecule is c1csc(-c2nc(N3CCc4cncnc4C3)c3ccccc3n2)c1. The van der Waals surface area contributed by atoms with Crippen LogP contribution in [0.3, 0.4) is 0 Å². The minimum Gasteiger partial charge on any atom is -0.350 e. The summed E-state index contributed by atoms with van der Waals surface area (Å²) in [6, 6.07) is 12.3. The van der Waals surface area contributed by atoms with Crippen LogP contribution in [0.15, 0.2) is 54.3 Å². The Balaban J connectivity index is 1.65. The van der Waals surface area contributed by atoms with Crippen molar-refractivity contribution >= 4 is 28.1 Å². The lowest BCUT2D eigenvalue weighted by molar-refractivity contribution is 0.697. The Morgan fingerprint density at radius 3 is 2.92 bits per heavy atom. The summed E-state index contributed by atoms with van der Waals surface area (Å²) >= 11 is 1.66. The van der Waals surface area contributed by atoms with Crippen molar-refractivity contribution in [2.45, 2.75) is 13.0 Å². The highest BCUT2D eigenvalue weighted by atomic mass is 32.1. The summed E-state index contributed by atoms with van der Waals surface area (Å²) in [5.74, 6) is 1.77. The van der Waals surface area contributed by atoms with Crippen molar-refractivity contribution < 1.29 is 0 Å². The first-order chi connectivity index (χ1) is 12.4. The minimum atomic E-state index is 0.753. The normalized spacial score (nSPS) is 13.8. The molecule has 4 aromatic rings. The van der Waals surface area contributed by atoms with E-state index in [4.69, 9.17) is 9.97 Å². The van der Waals surface area contributed by atoms with E-state index >= 15 is 0 Å². The van der Waals surface area contributed by atoms with E-state index in [1.807, 2.05) is 24.4 Å². The van der Waals surface area contributed by atoms with E-state index in [1.54, 1.807) is 17.7 Å². The van der Waals surface area contributed by atoms with Gasteiger partial charge in [0.2, 0.25) is 0 Å². The quantitative estimate of drug-likeness (QED) is 0.554. The molecule has 5 nitrogen and oxygen atoms in total. The van der Waals surface area contributed by atoms with Crippen LogP contribution < -0.4 is 4.90 Å². The molecular weight excluding hydrogens is 330 g/mol. The van der Waals surface area contributed by atoms with Crippen molar-refractivity contribution in [3.63, 3.8) is 0 Å². The maximum atomic E-state index is 4.92. The molecule has 4 heterocycles. The number of aromatic nitrogens is 4. The first-order valence-corrected chi connectivity index (χ1v) is 9.10. The van der Waals surface area contributed by atoms with Gasteiger partial charge in [-0.2, -0.15) is 0 Å². The fourth-order valence-corrected chi connectivity index (χ4v) is 3.91. The van der Waals surface area contributed by atoms with Gasteiger partial charge >= 0.3 is 0 Å². The van der Waals surface area contributed by atoms with Crippen LogP contribution in [0.4, 0.5) is 5.82 Å². The third-order valence-electron chi connectivity index (χ3n) is 4.50. The first-order valence-electron chi connectivity index (χ1n) is 8.22. The van der Waals surface area contributed by atoms with E-state index < -0.39 is 0 Å².